The molecule has 0 spiro atoms. The third kappa shape index (κ3) is 3.41. The maximum atomic E-state index is 12.0. The number of nitrogens with zero attached hydrogens (tertiary/aromatic N) is 1. The van der Waals surface area contributed by atoms with Crippen molar-refractivity contribution in [1.82, 2.24) is 5.16 Å². The topological polar surface area (TPSA) is 55.1 Å². The quantitative estimate of drug-likeness (QED) is 0.795. The highest BCUT2D eigenvalue weighted by Gasteiger charge is 2.10. The average Bonchev–Trinajstić information content (AvgIpc) is 2.99. The fourth-order valence-corrected chi connectivity index (χ4v) is 2.14. The molecule has 4 heteroatoms. The number of carbonyl (C=O) groups is 1. The van der Waals surface area contributed by atoms with Gasteiger partial charge in [-0.1, -0.05) is 53.2 Å². The molecule has 0 saturated carbocycles. The van der Waals surface area contributed by atoms with E-state index < -0.39 is 0 Å². The Kier molecular flexibility index (Phi) is 4.01. The van der Waals surface area contributed by atoms with E-state index in [0.717, 1.165) is 22.5 Å². The lowest BCUT2D eigenvalue weighted by Crippen LogP contribution is -2.13. The molecule has 0 atom stereocenters. The van der Waals surface area contributed by atoms with E-state index in [1.807, 2.05) is 61.5 Å². The van der Waals surface area contributed by atoms with Gasteiger partial charge in [-0.2, -0.15) is 0 Å². The van der Waals surface area contributed by atoms with Crippen LogP contribution >= 0.6 is 0 Å². The van der Waals surface area contributed by atoms with Crippen molar-refractivity contribution in [2.45, 2.75) is 13.3 Å². The van der Waals surface area contributed by atoms with Crippen molar-refractivity contribution in [2.24, 2.45) is 0 Å². The molecule has 0 radical (unpaired) electrons. The summed E-state index contributed by atoms with van der Waals surface area (Å²) in [6.07, 6.45) is 0.160. The summed E-state index contributed by atoms with van der Waals surface area (Å²) in [6.45, 7) is 2.01. The van der Waals surface area contributed by atoms with Gasteiger partial charge >= 0.3 is 0 Å². The van der Waals surface area contributed by atoms with E-state index in [-0.39, 0.29) is 12.3 Å². The van der Waals surface area contributed by atoms with Crippen molar-refractivity contribution in [3.05, 3.63) is 72.0 Å². The van der Waals surface area contributed by atoms with Crippen LogP contribution in [0, 0.1) is 6.92 Å². The first-order chi connectivity index (χ1) is 10.7. The summed E-state index contributed by atoms with van der Waals surface area (Å²) in [7, 11) is 0. The van der Waals surface area contributed by atoms with Gasteiger partial charge in [-0.3, -0.25) is 4.79 Å². The number of amides is 1. The van der Waals surface area contributed by atoms with Crippen LogP contribution < -0.4 is 5.32 Å². The van der Waals surface area contributed by atoms with E-state index in [4.69, 9.17) is 4.52 Å². The number of carbonyl (C=O) groups excluding carboxylic acids is 1. The molecule has 3 aromatic rings. The van der Waals surface area contributed by atoms with Crippen LogP contribution in [-0.2, 0) is 11.2 Å². The largest absolute Gasteiger partial charge is 0.360 e. The zero-order chi connectivity index (χ0) is 15.4. The zero-order valence-electron chi connectivity index (χ0n) is 12.2. The normalized spacial score (nSPS) is 10.4. The average molecular weight is 292 g/mol. The van der Waals surface area contributed by atoms with Crippen molar-refractivity contribution >= 4 is 11.6 Å². The van der Waals surface area contributed by atoms with Gasteiger partial charge in [0.1, 0.15) is 11.5 Å². The van der Waals surface area contributed by atoms with Gasteiger partial charge < -0.3 is 9.84 Å². The molecule has 1 aromatic heterocycles. The Balaban J connectivity index is 1.65. The standard InChI is InChI=1S/C18H16N2O2/c1-13-7-9-15(10-8-13)19-18(21)12-16-11-17(20-22-16)14-5-3-2-4-6-14/h2-11H,12H2,1H3,(H,19,21). The molecule has 0 bridgehead atoms. The summed E-state index contributed by atoms with van der Waals surface area (Å²) in [6, 6.07) is 19.2. The van der Waals surface area contributed by atoms with Crippen LogP contribution in [0.5, 0.6) is 0 Å². The minimum Gasteiger partial charge on any atom is -0.360 e. The number of aromatic nitrogens is 1. The van der Waals surface area contributed by atoms with Crippen molar-refractivity contribution in [1.29, 1.82) is 0 Å². The maximum absolute atomic E-state index is 12.0. The summed E-state index contributed by atoms with van der Waals surface area (Å²) in [5.74, 6) is 0.420. The Morgan fingerprint density at radius 3 is 2.55 bits per heavy atom. The molecule has 1 N–H and O–H groups in total. The lowest BCUT2D eigenvalue weighted by Gasteiger charge is -2.03. The highest BCUT2D eigenvalue weighted by Crippen LogP contribution is 2.19. The van der Waals surface area contributed by atoms with E-state index in [1.54, 1.807) is 6.07 Å². The van der Waals surface area contributed by atoms with Gasteiger partial charge in [0.25, 0.3) is 0 Å². The fraction of sp³-hybridized carbons (Fsp3) is 0.111. The monoisotopic (exact) mass is 292 g/mol. The second kappa shape index (κ2) is 6.26. The Morgan fingerprint density at radius 1 is 1.09 bits per heavy atom. The van der Waals surface area contributed by atoms with Crippen molar-refractivity contribution in [3.8, 4) is 11.3 Å². The Bertz CT molecular complexity index is 761. The Labute approximate surface area is 128 Å². The zero-order valence-corrected chi connectivity index (χ0v) is 12.2. The summed E-state index contributed by atoms with van der Waals surface area (Å²) in [4.78, 5) is 12.0. The predicted molar refractivity (Wildman–Crippen MR) is 85.5 cm³/mol. The van der Waals surface area contributed by atoms with Crippen molar-refractivity contribution in [3.63, 3.8) is 0 Å². The molecule has 0 fully saturated rings. The van der Waals surface area contributed by atoms with Crippen LogP contribution in [0.1, 0.15) is 11.3 Å². The van der Waals surface area contributed by atoms with E-state index >= 15 is 0 Å². The van der Waals surface area contributed by atoms with E-state index in [2.05, 4.69) is 10.5 Å². The lowest BCUT2D eigenvalue weighted by molar-refractivity contribution is -0.115. The molecule has 22 heavy (non-hydrogen) atoms. The molecule has 110 valence electrons. The van der Waals surface area contributed by atoms with Gasteiger partial charge in [0.15, 0.2) is 0 Å². The first kappa shape index (κ1) is 14.1. The third-order valence-electron chi connectivity index (χ3n) is 3.30. The molecule has 1 amide bonds. The number of hydrogen-bond acceptors (Lipinski definition) is 3. The maximum Gasteiger partial charge on any atom is 0.232 e. The summed E-state index contributed by atoms with van der Waals surface area (Å²) >= 11 is 0. The fourth-order valence-electron chi connectivity index (χ4n) is 2.14. The minimum absolute atomic E-state index is 0.125. The first-order valence-electron chi connectivity index (χ1n) is 7.08. The summed E-state index contributed by atoms with van der Waals surface area (Å²) in [5.41, 5.74) is 3.63. The highest BCUT2D eigenvalue weighted by atomic mass is 16.5. The smallest absolute Gasteiger partial charge is 0.232 e. The van der Waals surface area contributed by atoms with Crippen LogP contribution in [-0.4, -0.2) is 11.1 Å². The summed E-state index contributed by atoms with van der Waals surface area (Å²) in [5, 5.41) is 6.84. The molecule has 0 aliphatic carbocycles. The van der Waals surface area contributed by atoms with Crippen LogP contribution in [0.25, 0.3) is 11.3 Å². The van der Waals surface area contributed by atoms with Crippen LogP contribution in [0.2, 0.25) is 0 Å². The van der Waals surface area contributed by atoms with Crippen LogP contribution in [0.4, 0.5) is 5.69 Å². The van der Waals surface area contributed by atoms with Gasteiger partial charge in [-0.15, -0.1) is 0 Å². The second-order valence-electron chi connectivity index (χ2n) is 5.14. The van der Waals surface area contributed by atoms with Gasteiger partial charge in [0.2, 0.25) is 5.91 Å². The number of benzene rings is 2. The molecule has 0 saturated heterocycles. The van der Waals surface area contributed by atoms with Gasteiger partial charge in [-0.25, -0.2) is 0 Å². The Morgan fingerprint density at radius 2 is 1.82 bits per heavy atom. The minimum atomic E-state index is -0.125. The molecule has 2 aromatic carbocycles. The van der Waals surface area contributed by atoms with Gasteiger partial charge in [0, 0.05) is 17.3 Å². The molecular formula is C18H16N2O2. The Hall–Kier alpha value is -2.88. The molecule has 0 aliphatic rings. The first-order valence-corrected chi connectivity index (χ1v) is 7.08. The number of rotatable bonds is 4. The SMILES string of the molecule is Cc1ccc(NC(=O)Cc2cc(-c3ccccc3)no2)cc1. The lowest BCUT2D eigenvalue weighted by atomic mass is 10.1. The summed E-state index contributed by atoms with van der Waals surface area (Å²) < 4.78 is 5.24. The highest BCUT2D eigenvalue weighted by molar-refractivity contribution is 5.92. The van der Waals surface area contributed by atoms with E-state index in [9.17, 15) is 4.79 Å². The second-order valence-corrected chi connectivity index (χ2v) is 5.14. The van der Waals surface area contributed by atoms with Crippen LogP contribution in [0.3, 0.4) is 0 Å². The third-order valence-corrected chi connectivity index (χ3v) is 3.30. The molecule has 0 aliphatic heterocycles. The number of anilines is 1. The van der Waals surface area contributed by atoms with Gasteiger partial charge in [0.05, 0.1) is 6.42 Å². The molecule has 3 rings (SSSR count). The van der Waals surface area contributed by atoms with Crippen LogP contribution in [0.15, 0.2) is 65.2 Å². The van der Waals surface area contributed by atoms with Crippen molar-refractivity contribution in [2.75, 3.05) is 5.32 Å². The predicted octanol–water partition coefficient (Wildman–Crippen LogP) is 3.83. The number of hydrogen-bond donors (Lipinski definition) is 1. The number of aryl methyl sites for hydroxylation is 1. The van der Waals surface area contributed by atoms with Crippen molar-refractivity contribution < 1.29 is 9.32 Å². The number of nitrogens with one attached hydrogen (secondary N) is 1. The van der Waals surface area contributed by atoms with E-state index in [0.29, 0.717) is 5.76 Å². The molecule has 0 unspecified atom stereocenters. The van der Waals surface area contributed by atoms with E-state index in [1.165, 1.54) is 0 Å². The molecule has 1 heterocycles. The van der Waals surface area contributed by atoms with Gasteiger partial charge in [-0.05, 0) is 19.1 Å². The molecular weight excluding hydrogens is 276 g/mol. The molecule has 4 nitrogen and oxygen atoms in total.